The van der Waals surface area contributed by atoms with E-state index in [1.54, 1.807) is 37.4 Å². The maximum Gasteiger partial charge on any atom is 0.255 e. The van der Waals surface area contributed by atoms with E-state index in [0.717, 1.165) is 0 Å². The Labute approximate surface area is 191 Å². The normalized spacial score (nSPS) is 10.9. The lowest BCUT2D eigenvalue weighted by Crippen LogP contribution is -2.25. The number of benzene rings is 2. The van der Waals surface area contributed by atoms with Crippen LogP contribution in [0.25, 0.3) is 0 Å². The average Bonchev–Trinajstić information content (AvgIpc) is 3.17. The molecule has 0 saturated heterocycles. The van der Waals surface area contributed by atoms with E-state index < -0.39 is 0 Å². The number of methoxy groups -OCH3 is 2. The summed E-state index contributed by atoms with van der Waals surface area (Å²) in [6.45, 7) is 5.07. The zero-order chi connectivity index (χ0) is 23.1. The monoisotopic (exact) mass is 458 g/mol. The van der Waals surface area contributed by atoms with Crippen LogP contribution < -0.4 is 14.8 Å². The molecule has 1 heterocycles. The predicted molar refractivity (Wildman–Crippen MR) is 122 cm³/mol. The fraction of sp³-hybridized carbons (Fsp3) is 0.348. The van der Waals surface area contributed by atoms with Gasteiger partial charge >= 0.3 is 0 Å². The van der Waals surface area contributed by atoms with E-state index in [0.29, 0.717) is 51.8 Å². The molecule has 0 aliphatic carbocycles. The summed E-state index contributed by atoms with van der Waals surface area (Å²) in [6.07, 6.45) is 0. The van der Waals surface area contributed by atoms with Crippen LogP contribution in [-0.2, 0) is 18.8 Å². The van der Waals surface area contributed by atoms with Gasteiger partial charge < -0.3 is 19.4 Å². The Kier molecular flexibility index (Phi) is 8.10. The smallest absolute Gasteiger partial charge is 0.255 e. The molecule has 32 heavy (non-hydrogen) atoms. The van der Waals surface area contributed by atoms with Crippen molar-refractivity contribution in [2.45, 2.75) is 37.8 Å². The highest BCUT2D eigenvalue weighted by Crippen LogP contribution is 2.26. The lowest BCUT2D eigenvalue weighted by atomic mass is 10.1. The molecule has 0 saturated carbocycles. The molecule has 3 aromatic rings. The van der Waals surface area contributed by atoms with Gasteiger partial charge in [0.15, 0.2) is 11.0 Å². The van der Waals surface area contributed by atoms with Gasteiger partial charge in [0.05, 0.1) is 26.3 Å². The molecule has 2 aromatic carbocycles. The molecule has 1 N–H and O–H groups in total. The van der Waals surface area contributed by atoms with Crippen molar-refractivity contribution in [3.8, 4) is 11.5 Å². The van der Waals surface area contributed by atoms with Gasteiger partial charge in [-0.25, -0.2) is 4.39 Å². The fourth-order valence-corrected chi connectivity index (χ4v) is 4.06. The number of carbonyl (C=O) groups excluding carboxylic acids is 1. The Morgan fingerprint density at radius 2 is 1.94 bits per heavy atom. The summed E-state index contributed by atoms with van der Waals surface area (Å²) in [6, 6.07) is 11.7. The Morgan fingerprint density at radius 1 is 1.16 bits per heavy atom. The molecule has 3 rings (SSSR count). The highest BCUT2D eigenvalue weighted by molar-refractivity contribution is 7.98. The number of nitrogens with zero attached hydrogens (tertiary/aromatic N) is 3. The topological polar surface area (TPSA) is 78.3 Å². The molecule has 0 fully saturated rings. The van der Waals surface area contributed by atoms with E-state index in [-0.39, 0.29) is 18.3 Å². The first kappa shape index (κ1) is 23.6. The van der Waals surface area contributed by atoms with Crippen molar-refractivity contribution in [2.24, 2.45) is 5.92 Å². The van der Waals surface area contributed by atoms with E-state index in [9.17, 15) is 9.18 Å². The molecule has 0 unspecified atom stereocenters. The number of hydrogen-bond donors (Lipinski definition) is 1. The van der Waals surface area contributed by atoms with Crippen molar-refractivity contribution in [3.05, 3.63) is 65.2 Å². The molecular weight excluding hydrogens is 431 g/mol. The first-order chi connectivity index (χ1) is 15.4. The zero-order valence-electron chi connectivity index (χ0n) is 18.6. The minimum Gasteiger partial charge on any atom is -0.497 e. The van der Waals surface area contributed by atoms with E-state index in [2.05, 4.69) is 29.4 Å². The second kappa shape index (κ2) is 11.0. The Balaban J connectivity index is 1.73. The number of rotatable bonds is 10. The van der Waals surface area contributed by atoms with Crippen LogP contribution in [0.4, 0.5) is 4.39 Å². The maximum absolute atomic E-state index is 14.0. The van der Waals surface area contributed by atoms with Crippen LogP contribution in [0, 0.1) is 11.7 Å². The minimum atomic E-state index is -0.288. The summed E-state index contributed by atoms with van der Waals surface area (Å²) >= 11 is 1.42. The minimum absolute atomic E-state index is 0.202. The largest absolute Gasteiger partial charge is 0.497 e. The van der Waals surface area contributed by atoms with Gasteiger partial charge in [-0.15, -0.1) is 10.2 Å². The van der Waals surface area contributed by atoms with Crippen LogP contribution in [0.15, 0.2) is 47.6 Å². The van der Waals surface area contributed by atoms with E-state index in [1.807, 2.05) is 10.6 Å². The third-order valence-corrected chi connectivity index (χ3v) is 5.73. The molecule has 9 heteroatoms. The summed E-state index contributed by atoms with van der Waals surface area (Å²) in [5.74, 6) is 1.92. The molecule has 1 amide bonds. The summed E-state index contributed by atoms with van der Waals surface area (Å²) in [7, 11) is 3.06. The third-order valence-electron chi connectivity index (χ3n) is 4.72. The number of amides is 1. The van der Waals surface area contributed by atoms with Gasteiger partial charge in [0.1, 0.15) is 17.3 Å². The van der Waals surface area contributed by atoms with Gasteiger partial charge in [0.2, 0.25) is 0 Å². The Bertz CT molecular complexity index is 1070. The van der Waals surface area contributed by atoms with Crippen molar-refractivity contribution in [2.75, 3.05) is 14.2 Å². The number of ether oxygens (including phenoxy) is 2. The summed E-state index contributed by atoms with van der Waals surface area (Å²) in [5, 5.41) is 12.1. The first-order valence-corrected chi connectivity index (χ1v) is 11.2. The summed E-state index contributed by atoms with van der Waals surface area (Å²) < 4.78 is 26.4. The van der Waals surface area contributed by atoms with Gasteiger partial charge in [-0.1, -0.05) is 43.8 Å². The van der Waals surface area contributed by atoms with E-state index in [1.165, 1.54) is 24.9 Å². The van der Waals surface area contributed by atoms with Crippen LogP contribution in [-0.4, -0.2) is 34.9 Å². The highest BCUT2D eigenvalue weighted by Gasteiger charge is 2.18. The van der Waals surface area contributed by atoms with Crippen molar-refractivity contribution in [3.63, 3.8) is 0 Å². The quantitative estimate of drug-likeness (QED) is 0.456. The molecular formula is C23H27FN4O3S. The second-order valence-electron chi connectivity index (χ2n) is 7.53. The molecule has 0 spiro atoms. The third kappa shape index (κ3) is 5.79. The maximum atomic E-state index is 14.0. The van der Waals surface area contributed by atoms with Crippen molar-refractivity contribution in [1.82, 2.24) is 20.1 Å². The van der Waals surface area contributed by atoms with Gasteiger partial charge in [-0.3, -0.25) is 4.79 Å². The number of halogens is 1. The second-order valence-corrected chi connectivity index (χ2v) is 8.47. The van der Waals surface area contributed by atoms with Gasteiger partial charge in [-0.2, -0.15) is 0 Å². The number of carbonyl (C=O) groups is 1. The molecule has 0 aliphatic rings. The molecule has 1 aromatic heterocycles. The van der Waals surface area contributed by atoms with E-state index >= 15 is 0 Å². The number of thioether (sulfide) groups is 1. The zero-order valence-corrected chi connectivity index (χ0v) is 19.4. The standard InChI is InChI=1S/C23H27FN4O3S/c1-15(2)13-28-21(26-27-23(28)32-14-16-7-5-6-8-19(16)24)12-25-22(29)18-10-9-17(30-3)11-20(18)31-4/h5-11,15H,12-14H2,1-4H3,(H,25,29). The van der Waals surface area contributed by atoms with E-state index in [4.69, 9.17) is 9.47 Å². The number of aromatic nitrogens is 3. The molecule has 0 aliphatic heterocycles. The fourth-order valence-electron chi connectivity index (χ4n) is 3.10. The van der Waals surface area contributed by atoms with Crippen molar-refractivity contribution in [1.29, 1.82) is 0 Å². The predicted octanol–water partition coefficient (Wildman–Crippen LogP) is 4.31. The lowest BCUT2D eigenvalue weighted by Gasteiger charge is -2.14. The van der Waals surface area contributed by atoms with Gasteiger partial charge in [-0.05, 0) is 29.7 Å². The van der Waals surface area contributed by atoms with Crippen LogP contribution in [0.3, 0.4) is 0 Å². The molecule has 0 radical (unpaired) electrons. The SMILES string of the molecule is COc1ccc(C(=O)NCc2nnc(SCc3ccccc3F)n2CC(C)C)c(OC)c1. The average molecular weight is 459 g/mol. The van der Waals surface area contributed by atoms with Gasteiger partial charge in [0, 0.05) is 18.4 Å². The lowest BCUT2D eigenvalue weighted by molar-refractivity contribution is 0.0946. The molecule has 7 nitrogen and oxygen atoms in total. The van der Waals surface area contributed by atoms with Crippen LogP contribution >= 0.6 is 11.8 Å². The molecule has 0 atom stereocenters. The molecule has 0 bridgehead atoms. The number of hydrogen-bond acceptors (Lipinski definition) is 6. The van der Waals surface area contributed by atoms with Crippen LogP contribution in [0.1, 0.15) is 35.6 Å². The Morgan fingerprint density at radius 3 is 2.62 bits per heavy atom. The van der Waals surface area contributed by atoms with Crippen LogP contribution in [0.5, 0.6) is 11.5 Å². The summed E-state index contributed by atoms with van der Waals surface area (Å²) in [5.41, 5.74) is 1.01. The molecule has 170 valence electrons. The van der Waals surface area contributed by atoms with Crippen molar-refractivity contribution < 1.29 is 18.7 Å². The summed E-state index contributed by atoms with van der Waals surface area (Å²) in [4.78, 5) is 12.7. The highest BCUT2D eigenvalue weighted by atomic mass is 32.2. The number of nitrogens with one attached hydrogen (secondary N) is 1. The Hall–Kier alpha value is -3.07. The van der Waals surface area contributed by atoms with Crippen LogP contribution in [0.2, 0.25) is 0 Å². The first-order valence-electron chi connectivity index (χ1n) is 10.2. The van der Waals surface area contributed by atoms with Crippen molar-refractivity contribution >= 4 is 17.7 Å². The van der Waals surface area contributed by atoms with Gasteiger partial charge in [0.25, 0.3) is 5.91 Å².